The van der Waals surface area contributed by atoms with Crippen molar-refractivity contribution in [3.63, 3.8) is 0 Å². The highest BCUT2D eigenvalue weighted by molar-refractivity contribution is 7.47. The van der Waals surface area contributed by atoms with Crippen LogP contribution in [0.4, 0.5) is 0 Å². The molecule has 10 heteroatoms. The Kier molecular flexibility index (Phi) is 34.9. The maximum absolute atomic E-state index is 12.6. The molecule has 0 amide bonds. The molecule has 0 aliphatic carbocycles. The highest BCUT2D eigenvalue weighted by Gasteiger charge is 2.26. The number of hydrogen-bond donors (Lipinski definition) is 1. The van der Waals surface area contributed by atoms with Gasteiger partial charge in [0.1, 0.15) is 6.61 Å². The lowest BCUT2D eigenvalue weighted by atomic mass is 10.1. The van der Waals surface area contributed by atoms with Crippen LogP contribution in [0.15, 0.2) is 48.6 Å². The maximum atomic E-state index is 12.6. The number of rotatable bonds is 36. The van der Waals surface area contributed by atoms with Gasteiger partial charge in [0.05, 0.1) is 13.2 Å². The third-order valence-electron chi connectivity index (χ3n) is 8.11. The van der Waals surface area contributed by atoms with E-state index < -0.39 is 26.5 Å². The lowest BCUT2D eigenvalue weighted by Crippen LogP contribution is -2.29. The smallest absolute Gasteiger partial charge is 0.462 e. The highest BCUT2D eigenvalue weighted by Crippen LogP contribution is 2.43. The van der Waals surface area contributed by atoms with Crippen molar-refractivity contribution in [1.29, 1.82) is 0 Å². The molecule has 0 bridgehead atoms. The molecule has 0 radical (unpaired) electrons. The fourth-order valence-corrected chi connectivity index (χ4v) is 5.71. The van der Waals surface area contributed by atoms with Crippen LogP contribution >= 0.6 is 7.82 Å². The predicted molar refractivity (Wildman–Crippen MR) is 211 cm³/mol. The number of ether oxygens (including phenoxy) is 2. The largest absolute Gasteiger partial charge is 0.472 e. The number of carbonyl (C=O) groups excluding carboxylic acids is 2. The number of phosphoric acid groups is 1. The molecular weight excluding hydrogens is 665 g/mol. The second-order valence-corrected chi connectivity index (χ2v) is 14.9. The summed E-state index contributed by atoms with van der Waals surface area (Å²) in [6.45, 7) is 4.20. The van der Waals surface area contributed by atoms with E-state index in [0.29, 0.717) is 13.0 Å². The van der Waals surface area contributed by atoms with Gasteiger partial charge in [-0.15, -0.1) is 0 Å². The molecule has 0 aliphatic heterocycles. The second kappa shape index (κ2) is 36.3. The van der Waals surface area contributed by atoms with Crippen LogP contribution < -0.4 is 0 Å². The van der Waals surface area contributed by atoms with Gasteiger partial charge in [-0.25, -0.2) is 4.57 Å². The molecule has 0 saturated heterocycles. The van der Waals surface area contributed by atoms with Gasteiger partial charge in [-0.1, -0.05) is 120 Å². The standard InChI is InChI=1S/C41H74NO8P/c1-5-7-9-11-13-15-17-18-19-20-21-22-24-26-28-30-32-34-41(44)50-39(38-49-51(45,46)48-36-35-42(3)4)37-47-40(43)33-31-29-27-25-23-16-14-12-10-8-6-2/h12-15,18-19,21-22,39H,5-11,16-17,20,23-38H2,1-4H3,(H,45,46)/b14-12-,15-13-,19-18-,22-21-. The van der Waals surface area contributed by atoms with E-state index in [1.165, 1.54) is 38.5 Å². The van der Waals surface area contributed by atoms with E-state index in [-0.39, 0.29) is 32.0 Å². The molecule has 2 unspecified atom stereocenters. The van der Waals surface area contributed by atoms with E-state index >= 15 is 0 Å². The molecule has 0 saturated carbocycles. The van der Waals surface area contributed by atoms with E-state index in [0.717, 1.165) is 83.5 Å². The number of nitrogens with zero attached hydrogens (tertiary/aromatic N) is 1. The van der Waals surface area contributed by atoms with Crippen molar-refractivity contribution < 1.29 is 37.6 Å². The van der Waals surface area contributed by atoms with Crippen molar-refractivity contribution in [2.75, 3.05) is 40.5 Å². The van der Waals surface area contributed by atoms with Gasteiger partial charge in [-0.2, -0.15) is 0 Å². The number of hydrogen-bond acceptors (Lipinski definition) is 8. The van der Waals surface area contributed by atoms with Gasteiger partial charge in [0, 0.05) is 19.4 Å². The van der Waals surface area contributed by atoms with Crippen molar-refractivity contribution in [1.82, 2.24) is 4.90 Å². The average molecular weight is 740 g/mol. The van der Waals surface area contributed by atoms with Gasteiger partial charge in [0.25, 0.3) is 0 Å². The maximum Gasteiger partial charge on any atom is 0.472 e. The fourth-order valence-electron chi connectivity index (χ4n) is 4.97. The summed E-state index contributed by atoms with van der Waals surface area (Å²) in [6.07, 6.45) is 38.7. The molecule has 9 nitrogen and oxygen atoms in total. The zero-order valence-corrected chi connectivity index (χ0v) is 33.7. The first-order valence-corrected chi connectivity index (χ1v) is 21.4. The number of unbranched alkanes of at least 4 members (excludes halogenated alkanes) is 14. The second-order valence-electron chi connectivity index (χ2n) is 13.5. The first kappa shape index (κ1) is 49.0. The summed E-state index contributed by atoms with van der Waals surface area (Å²) in [5.41, 5.74) is 0. The van der Waals surface area contributed by atoms with E-state index in [2.05, 4.69) is 62.5 Å². The molecule has 0 aromatic carbocycles. The normalized spacial score (nSPS) is 14.0. The van der Waals surface area contributed by atoms with Gasteiger partial charge < -0.3 is 19.3 Å². The molecule has 0 aliphatic rings. The molecule has 0 aromatic rings. The molecule has 0 fully saturated rings. The Morgan fingerprint density at radius 3 is 1.65 bits per heavy atom. The Morgan fingerprint density at radius 2 is 1.08 bits per heavy atom. The van der Waals surface area contributed by atoms with Crippen molar-refractivity contribution >= 4 is 19.8 Å². The lowest BCUT2D eigenvalue weighted by molar-refractivity contribution is -0.161. The summed E-state index contributed by atoms with van der Waals surface area (Å²) in [4.78, 5) is 36.9. The predicted octanol–water partition coefficient (Wildman–Crippen LogP) is 11.0. The third kappa shape index (κ3) is 37.5. The van der Waals surface area contributed by atoms with Gasteiger partial charge in [0.2, 0.25) is 0 Å². The molecule has 0 aromatic heterocycles. The minimum Gasteiger partial charge on any atom is -0.462 e. The van der Waals surface area contributed by atoms with E-state index in [9.17, 15) is 19.0 Å². The molecule has 296 valence electrons. The van der Waals surface area contributed by atoms with E-state index in [4.69, 9.17) is 18.5 Å². The number of likely N-dealkylation sites (N-methyl/N-ethyl adjacent to an activating group) is 1. The molecule has 0 rings (SSSR count). The van der Waals surface area contributed by atoms with Gasteiger partial charge >= 0.3 is 19.8 Å². The quantitative estimate of drug-likeness (QED) is 0.0290. The lowest BCUT2D eigenvalue weighted by Gasteiger charge is -2.20. The monoisotopic (exact) mass is 740 g/mol. The average Bonchev–Trinajstić information content (AvgIpc) is 3.09. The SMILES string of the molecule is CCCC/C=C\CCCCCCCC(=O)OCC(COP(=O)(O)OCCN(C)C)OC(=O)CCCCCC/C=C\C/C=C\C/C=C\CCCCC. The number of esters is 2. The summed E-state index contributed by atoms with van der Waals surface area (Å²) in [7, 11) is -0.731. The molecule has 2 atom stereocenters. The summed E-state index contributed by atoms with van der Waals surface area (Å²) < 4.78 is 33.3. The molecule has 51 heavy (non-hydrogen) atoms. The summed E-state index contributed by atoms with van der Waals surface area (Å²) in [5.74, 6) is -0.844. The van der Waals surface area contributed by atoms with Gasteiger partial charge in [0.15, 0.2) is 6.10 Å². The van der Waals surface area contributed by atoms with E-state index in [1.807, 2.05) is 19.0 Å². The van der Waals surface area contributed by atoms with Crippen LogP contribution in [0.3, 0.4) is 0 Å². The first-order chi connectivity index (χ1) is 24.7. The fraction of sp³-hybridized carbons (Fsp3) is 0.756. The number of carbonyl (C=O) groups is 2. The molecular formula is C41H74NO8P. The van der Waals surface area contributed by atoms with Crippen molar-refractivity contribution in [3.05, 3.63) is 48.6 Å². The van der Waals surface area contributed by atoms with Crippen LogP contribution in [-0.4, -0.2) is 68.3 Å². The van der Waals surface area contributed by atoms with Crippen LogP contribution in [-0.2, 0) is 32.7 Å². The Bertz CT molecular complexity index is 994. The summed E-state index contributed by atoms with van der Waals surface area (Å²) >= 11 is 0. The van der Waals surface area contributed by atoms with Crippen LogP contribution in [0, 0.1) is 0 Å². The van der Waals surface area contributed by atoms with Gasteiger partial charge in [-0.05, 0) is 84.7 Å². The van der Waals surface area contributed by atoms with Crippen LogP contribution in [0.5, 0.6) is 0 Å². The Morgan fingerprint density at radius 1 is 0.608 bits per heavy atom. The van der Waals surface area contributed by atoms with Crippen LogP contribution in [0.25, 0.3) is 0 Å². The highest BCUT2D eigenvalue weighted by atomic mass is 31.2. The Hall–Kier alpha value is -2.03. The summed E-state index contributed by atoms with van der Waals surface area (Å²) in [6, 6.07) is 0. The van der Waals surface area contributed by atoms with Gasteiger partial charge in [-0.3, -0.25) is 18.6 Å². The molecule has 0 heterocycles. The first-order valence-electron chi connectivity index (χ1n) is 19.9. The Labute approximate surface area is 311 Å². The zero-order chi connectivity index (χ0) is 37.7. The Balaban J connectivity index is 4.40. The third-order valence-corrected chi connectivity index (χ3v) is 9.09. The number of phosphoric ester groups is 1. The molecule has 0 spiro atoms. The van der Waals surface area contributed by atoms with Crippen LogP contribution in [0.2, 0.25) is 0 Å². The van der Waals surface area contributed by atoms with Crippen molar-refractivity contribution in [2.24, 2.45) is 0 Å². The minimum absolute atomic E-state index is 0.000157. The summed E-state index contributed by atoms with van der Waals surface area (Å²) in [5, 5.41) is 0. The topological polar surface area (TPSA) is 112 Å². The van der Waals surface area contributed by atoms with Crippen molar-refractivity contribution in [2.45, 2.75) is 161 Å². The van der Waals surface area contributed by atoms with Crippen LogP contribution in [0.1, 0.15) is 155 Å². The van der Waals surface area contributed by atoms with E-state index in [1.54, 1.807) is 0 Å². The minimum atomic E-state index is -4.36. The number of allylic oxidation sites excluding steroid dienone is 8. The molecule has 1 N–H and O–H groups in total. The zero-order valence-electron chi connectivity index (χ0n) is 32.8. The van der Waals surface area contributed by atoms with Crippen molar-refractivity contribution in [3.8, 4) is 0 Å².